The summed E-state index contributed by atoms with van der Waals surface area (Å²) in [4.78, 5) is 12.9. The second kappa shape index (κ2) is 4.83. The number of pyridine rings is 1. The molecule has 22 heavy (non-hydrogen) atoms. The van der Waals surface area contributed by atoms with E-state index in [-0.39, 0.29) is 11.6 Å². The van der Waals surface area contributed by atoms with E-state index < -0.39 is 6.10 Å². The molecule has 0 amide bonds. The molecule has 0 aliphatic heterocycles. The molecule has 5 nitrogen and oxygen atoms in total. The van der Waals surface area contributed by atoms with Crippen molar-refractivity contribution < 1.29 is 5.11 Å². The highest BCUT2D eigenvalue weighted by molar-refractivity contribution is 6.31. The lowest BCUT2D eigenvalue weighted by molar-refractivity contribution is 0.137. The first-order chi connectivity index (χ1) is 10.6. The van der Waals surface area contributed by atoms with Crippen LogP contribution in [-0.2, 0) is 7.05 Å². The molecular formula is C16H16ClN3O2. The van der Waals surface area contributed by atoms with Crippen LogP contribution in [0.1, 0.15) is 25.3 Å². The fourth-order valence-corrected chi connectivity index (χ4v) is 3.72. The van der Waals surface area contributed by atoms with Crippen LogP contribution in [0.5, 0.6) is 0 Å². The van der Waals surface area contributed by atoms with Crippen LogP contribution >= 0.6 is 11.6 Å². The molecule has 1 saturated carbocycles. The summed E-state index contributed by atoms with van der Waals surface area (Å²) < 4.78 is 3.34. The zero-order valence-corrected chi connectivity index (χ0v) is 12.9. The third-order valence-corrected chi connectivity index (χ3v) is 4.77. The monoisotopic (exact) mass is 317 g/mol. The van der Waals surface area contributed by atoms with Crippen molar-refractivity contribution in [3.63, 3.8) is 0 Å². The van der Waals surface area contributed by atoms with Crippen molar-refractivity contribution in [2.45, 2.75) is 31.4 Å². The van der Waals surface area contributed by atoms with Gasteiger partial charge in [-0.05, 0) is 31.4 Å². The number of halogens is 1. The maximum Gasteiger partial charge on any atom is 0.279 e. The first-order valence-electron chi connectivity index (χ1n) is 7.41. The molecule has 4 rings (SSSR count). The molecule has 2 heterocycles. The van der Waals surface area contributed by atoms with E-state index in [2.05, 4.69) is 5.10 Å². The quantitative estimate of drug-likeness (QED) is 0.750. The maximum atomic E-state index is 12.9. The van der Waals surface area contributed by atoms with Crippen molar-refractivity contribution in [1.82, 2.24) is 14.3 Å². The molecule has 114 valence electrons. The van der Waals surface area contributed by atoms with Gasteiger partial charge < -0.3 is 9.67 Å². The Morgan fingerprint density at radius 1 is 1.32 bits per heavy atom. The smallest absolute Gasteiger partial charge is 0.279 e. The Kier molecular flexibility index (Phi) is 3.03. The number of aliphatic hydroxyl groups excluding tert-OH is 1. The van der Waals surface area contributed by atoms with E-state index in [1.165, 1.54) is 0 Å². The van der Waals surface area contributed by atoms with Crippen LogP contribution in [0.4, 0.5) is 0 Å². The predicted molar refractivity (Wildman–Crippen MR) is 86.4 cm³/mol. The minimum atomic E-state index is -0.499. The minimum Gasteiger partial charge on any atom is -0.391 e. The molecule has 1 aromatic carbocycles. The second-order valence-electron chi connectivity index (χ2n) is 5.97. The fraction of sp³-hybridized carbons (Fsp3) is 0.375. The van der Waals surface area contributed by atoms with Gasteiger partial charge >= 0.3 is 0 Å². The molecule has 1 aliphatic rings. The Labute approximate surface area is 131 Å². The minimum absolute atomic E-state index is 0.156. The molecule has 2 unspecified atom stereocenters. The number of hydrogen-bond donors (Lipinski definition) is 1. The molecule has 0 bridgehead atoms. The van der Waals surface area contributed by atoms with Gasteiger partial charge in [0, 0.05) is 29.0 Å². The highest BCUT2D eigenvalue weighted by Crippen LogP contribution is 2.34. The Balaban J connectivity index is 2.18. The zero-order valence-electron chi connectivity index (χ0n) is 12.2. The van der Waals surface area contributed by atoms with Crippen molar-refractivity contribution in [1.29, 1.82) is 0 Å². The van der Waals surface area contributed by atoms with Gasteiger partial charge in [-0.15, -0.1) is 0 Å². The van der Waals surface area contributed by atoms with Crippen molar-refractivity contribution in [3.05, 3.63) is 39.8 Å². The van der Waals surface area contributed by atoms with Gasteiger partial charge in [-0.3, -0.25) is 9.48 Å². The van der Waals surface area contributed by atoms with E-state index >= 15 is 0 Å². The number of benzene rings is 1. The van der Waals surface area contributed by atoms with E-state index in [1.54, 1.807) is 22.4 Å². The lowest BCUT2D eigenvalue weighted by Crippen LogP contribution is -2.30. The zero-order chi connectivity index (χ0) is 15.4. The number of aryl methyl sites for hydroxylation is 1. The van der Waals surface area contributed by atoms with Crippen LogP contribution < -0.4 is 5.56 Å². The summed E-state index contributed by atoms with van der Waals surface area (Å²) in [7, 11) is 1.80. The molecule has 3 aromatic rings. The second-order valence-corrected chi connectivity index (χ2v) is 6.40. The lowest BCUT2D eigenvalue weighted by atomic mass is 10.1. The average molecular weight is 318 g/mol. The van der Waals surface area contributed by atoms with Gasteiger partial charge in [0.2, 0.25) is 0 Å². The number of aliphatic hydroxyl groups is 1. The molecule has 1 fully saturated rings. The summed E-state index contributed by atoms with van der Waals surface area (Å²) in [6.45, 7) is 0. The molecule has 0 radical (unpaired) electrons. The number of rotatable bonds is 1. The van der Waals surface area contributed by atoms with Gasteiger partial charge in [0.15, 0.2) is 5.52 Å². The molecule has 6 heteroatoms. The summed E-state index contributed by atoms with van der Waals surface area (Å²) in [5.74, 6) is 0. The van der Waals surface area contributed by atoms with Crippen LogP contribution in [0, 0.1) is 0 Å². The molecule has 1 aliphatic carbocycles. The van der Waals surface area contributed by atoms with Crippen molar-refractivity contribution in [3.8, 4) is 0 Å². The van der Waals surface area contributed by atoms with Crippen LogP contribution in [-0.4, -0.2) is 25.6 Å². The Hall–Kier alpha value is -1.85. The van der Waals surface area contributed by atoms with Crippen molar-refractivity contribution in [2.75, 3.05) is 0 Å². The van der Waals surface area contributed by atoms with E-state index in [0.717, 1.165) is 35.6 Å². The van der Waals surface area contributed by atoms with Crippen LogP contribution in [0.2, 0.25) is 5.02 Å². The molecule has 1 N–H and O–H groups in total. The third kappa shape index (κ3) is 1.89. The standard InChI is InChI=1S/C16H16ClN3O2/c1-19-8-11-10-6-5-9(17)7-13(10)20(16(22)15(11)18-19)12-3-2-4-14(12)21/h5-8,12,14,21H,2-4H2,1H3. The number of aromatic nitrogens is 3. The summed E-state index contributed by atoms with van der Waals surface area (Å²) in [6.07, 6.45) is 3.78. The first kappa shape index (κ1) is 13.8. The molecule has 2 aromatic heterocycles. The lowest BCUT2D eigenvalue weighted by Gasteiger charge is -2.20. The maximum absolute atomic E-state index is 12.9. The van der Waals surface area contributed by atoms with E-state index in [4.69, 9.17) is 11.6 Å². The van der Waals surface area contributed by atoms with Gasteiger partial charge in [-0.1, -0.05) is 17.7 Å². The molecule has 0 saturated heterocycles. The van der Waals surface area contributed by atoms with Crippen LogP contribution in [0.15, 0.2) is 29.2 Å². The van der Waals surface area contributed by atoms with E-state index in [1.807, 2.05) is 18.3 Å². The van der Waals surface area contributed by atoms with Gasteiger partial charge in [0.1, 0.15) is 0 Å². The Morgan fingerprint density at radius 3 is 2.86 bits per heavy atom. The summed E-state index contributed by atoms with van der Waals surface area (Å²) in [5.41, 5.74) is 1.05. The highest BCUT2D eigenvalue weighted by atomic mass is 35.5. The fourth-order valence-electron chi connectivity index (χ4n) is 3.55. The van der Waals surface area contributed by atoms with Gasteiger partial charge in [0.05, 0.1) is 17.7 Å². The van der Waals surface area contributed by atoms with Crippen molar-refractivity contribution >= 4 is 33.4 Å². The molecular weight excluding hydrogens is 302 g/mol. The van der Waals surface area contributed by atoms with Crippen LogP contribution in [0.3, 0.4) is 0 Å². The Bertz CT molecular complexity index is 944. The highest BCUT2D eigenvalue weighted by Gasteiger charge is 2.30. The average Bonchev–Trinajstić information content (AvgIpc) is 3.06. The SMILES string of the molecule is Cn1cc2c(n1)c(=O)n(C1CCCC1O)c1cc(Cl)ccc21. The predicted octanol–water partition coefficient (Wildman–Crippen LogP) is 2.63. The van der Waals surface area contributed by atoms with E-state index in [9.17, 15) is 9.90 Å². The molecule has 0 spiro atoms. The first-order valence-corrected chi connectivity index (χ1v) is 7.79. The van der Waals surface area contributed by atoms with Crippen molar-refractivity contribution in [2.24, 2.45) is 7.05 Å². The number of fused-ring (bicyclic) bond motifs is 3. The topological polar surface area (TPSA) is 60.0 Å². The van der Waals surface area contributed by atoms with Gasteiger partial charge in [-0.25, -0.2) is 0 Å². The summed E-state index contributed by atoms with van der Waals surface area (Å²) >= 11 is 6.14. The summed E-state index contributed by atoms with van der Waals surface area (Å²) in [5, 5.41) is 16.9. The van der Waals surface area contributed by atoms with Gasteiger partial charge in [0.25, 0.3) is 5.56 Å². The van der Waals surface area contributed by atoms with Crippen LogP contribution in [0.25, 0.3) is 21.8 Å². The largest absolute Gasteiger partial charge is 0.391 e. The Morgan fingerprint density at radius 2 is 2.14 bits per heavy atom. The third-order valence-electron chi connectivity index (χ3n) is 4.54. The number of nitrogens with zero attached hydrogens (tertiary/aromatic N) is 3. The van der Waals surface area contributed by atoms with Gasteiger partial charge in [-0.2, -0.15) is 5.10 Å². The normalized spacial score (nSPS) is 22.0. The number of hydrogen-bond acceptors (Lipinski definition) is 3. The van der Waals surface area contributed by atoms with E-state index in [0.29, 0.717) is 10.5 Å². The summed E-state index contributed by atoms with van der Waals surface area (Å²) in [6, 6.07) is 5.32. The molecule has 2 atom stereocenters.